The first-order valence-corrected chi connectivity index (χ1v) is 10.2. The molecule has 0 spiro atoms. The summed E-state index contributed by atoms with van der Waals surface area (Å²) in [6, 6.07) is 7.04. The Labute approximate surface area is 147 Å². The highest BCUT2D eigenvalue weighted by molar-refractivity contribution is 8.07. The summed E-state index contributed by atoms with van der Waals surface area (Å²) >= 11 is 5.32. The average Bonchev–Trinajstić information content (AvgIpc) is 2.54. The van der Waals surface area contributed by atoms with E-state index in [2.05, 4.69) is 10.5 Å². The van der Waals surface area contributed by atoms with Crippen LogP contribution in [0.3, 0.4) is 0 Å². The number of hydrogen-bond acceptors (Lipinski definition) is 7. The molecule has 0 aromatic heterocycles. The molecule has 1 rings (SSSR count). The molecular weight excluding hydrogens is 351 g/mol. The van der Waals surface area contributed by atoms with E-state index in [1.165, 1.54) is 0 Å². The van der Waals surface area contributed by atoms with Crippen LogP contribution < -0.4 is 9.84 Å². The number of hydrogen-bond donors (Lipinski definition) is 1. The summed E-state index contributed by atoms with van der Waals surface area (Å²) in [6.45, 7) is 5.72. The first-order valence-electron chi connectivity index (χ1n) is 7.62. The zero-order valence-electron chi connectivity index (χ0n) is 14.3. The molecule has 0 radical (unpaired) electrons. The molecule has 24 heavy (non-hydrogen) atoms. The van der Waals surface area contributed by atoms with Crippen molar-refractivity contribution in [1.29, 1.82) is 0 Å². The second kappa shape index (κ2) is 10.4. The van der Waals surface area contributed by atoms with E-state index in [9.17, 15) is 4.79 Å². The molecule has 7 nitrogen and oxygen atoms in total. The van der Waals surface area contributed by atoms with Crippen LogP contribution in [-0.2, 0) is 25.7 Å². The number of oxime groups is 1. The standard InChI is InChI=1S/C15H23N2O5PS/c1-5-16-15(18)21-17-12(4)13-8-10-14(11-9-13)22-23(24,19-6-2)20-7-3/h8-11H,5-7H2,1-4H3,(H,16,18). The van der Waals surface area contributed by atoms with Crippen LogP contribution in [0.15, 0.2) is 29.4 Å². The van der Waals surface area contributed by atoms with Crippen molar-refractivity contribution in [1.82, 2.24) is 5.32 Å². The van der Waals surface area contributed by atoms with Crippen LogP contribution in [0, 0.1) is 0 Å². The van der Waals surface area contributed by atoms with E-state index in [0.29, 0.717) is 31.2 Å². The van der Waals surface area contributed by atoms with Gasteiger partial charge >= 0.3 is 12.8 Å². The molecule has 9 heteroatoms. The van der Waals surface area contributed by atoms with Crippen LogP contribution in [0.1, 0.15) is 33.3 Å². The maximum absolute atomic E-state index is 11.2. The minimum Gasteiger partial charge on any atom is -0.424 e. The van der Waals surface area contributed by atoms with Crippen LogP contribution in [-0.4, -0.2) is 31.6 Å². The van der Waals surface area contributed by atoms with Gasteiger partial charge in [-0.3, -0.25) is 13.9 Å². The van der Waals surface area contributed by atoms with Crippen molar-refractivity contribution < 1.29 is 23.2 Å². The van der Waals surface area contributed by atoms with Crippen LogP contribution in [0.4, 0.5) is 4.79 Å². The average molecular weight is 374 g/mol. The maximum atomic E-state index is 11.2. The number of nitrogens with zero attached hydrogens (tertiary/aromatic N) is 1. The summed E-state index contributed by atoms with van der Waals surface area (Å²) < 4.78 is 16.6. The molecule has 0 atom stereocenters. The fraction of sp³-hybridized carbons (Fsp3) is 0.467. The number of amides is 1. The van der Waals surface area contributed by atoms with Crippen LogP contribution >= 0.6 is 6.72 Å². The lowest BCUT2D eigenvalue weighted by molar-refractivity contribution is 0.151. The lowest BCUT2D eigenvalue weighted by atomic mass is 10.1. The van der Waals surface area contributed by atoms with Crippen molar-refractivity contribution in [3.63, 3.8) is 0 Å². The summed E-state index contributed by atoms with van der Waals surface area (Å²) in [5.41, 5.74) is 1.34. The van der Waals surface area contributed by atoms with E-state index >= 15 is 0 Å². The molecule has 1 N–H and O–H groups in total. The first-order chi connectivity index (χ1) is 11.4. The molecule has 0 bridgehead atoms. The smallest absolute Gasteiger partial charge is 0.424 e. The number of benzene rings is 1. The predicted molar refractivity (Wildman–Crippen MR) is 97.0 cm³/mol. The number of carbonyl (C=O) groups is 1. The van der Waals surface area contributed by atoms with Gasteiger partial charge in [0.2, 0.25) is 0 Å². The molecule has 0 aliphatic rings. The Hall–Kier alpha value is -1.47. The Morgan fingerprint density at radius 1 is 1.17 bits per heavy atom. The van der Waals surface area contributed by atoms with E-state index in [-0.39, 0.29) is 0 Å². The zero-order chi connectivity index (χ0) is 18.0. The van der Waals surface area contributed by atoms with Crippen molar-refractivity contribution >= 4 is 30.3 Å². The largest absolute Gasteiger partial charge is 0.433 e. The molecule has 1 aromatic rings. The van der Waals surface area contributed by atoms with Crippen molar-refractivity contribution in [2.45, 2.75) is 27.7 Å². The highest BCUT2D eigenvalue weighted by atomic mass is 32.5. The quantitative estimate of drug-likeness (QED) is 0.306. The molecular formula is C15H23N2O5PS. The van der Waals surface area contributed by atoms with Gasteiger partial charge in [0, 0.05) is 18.4 Å². The van der Waals surface area contributed by atoms with E-state index in [1.807, 2.05) is 13.8 Å². The van der Waals surface area contributed by atoms with Crippen LogP contribution in [0.2, 0.25) is 0 Å². The maximum Gasteiger partial charge on any atom is 0.433 e. The zero-order valence-corrected chi connectivity index (χ0v) is 16.0. The molecule has 0 saturated carbocycles. The van der Waals surface area contributed by atoms with E-state index in [0.717, 1.165) is 5.56 Å². The van der Waals surface area contributed by atoms with Crippen molar-refractivity contribution in [2.24, 2.45) is 5.16 Å². The van der Waals surface area contributed by atoms with E-state index in [4.69, 9.17) is 30.2 Å². The van der Waals surface area contributed by atoms with E-state index in [1.54, 1.807) is 38.1 Å². The Morgan fingerprint density at radius 2 is 1.75 bits per heavy atom. The molecule has 134 valence electrons. The first kappa shape index (κ1) is 20.6. The minimum atomic E-state index is -2.79. The molecule has 0 aliphatic heterocycles. The molecule has 1 aromatic carbocycles. The van der Waals surface area contributed by atoms with Gasteiger partial charge in [-0.15, -0.1) is 0 Å². The molecule has 0 saturated heterocycles. The Morgan fingerprint density at radius 3 is 2.25 bits per heavy atom. The van der Waals surface area contributed by atoms with Crippen molar-refractivity contribution in [2.75, 3.05) is 19.8 Å². The molecule has 0 fully saturated rings. The summed E-state index contributed by atoms with van der Waals surface area (Å²) in [7, 11) is 0. The monoisotopic (exact) mass is 374 g/mol. The van der Waals surface area contributed by atoms with Gasteiger partial charge in [0.15, 0.2) is 0 Å². The number of rotatable bonds is 9. The molecule has 0 aliphatic carbocycles. The summed E-state index contributed by atoms with van der Waals surface area (Å²) in [6.07, 6.45) is -0.592. The van der Waals surface area contributed by atoms with Gasteiger partial charge in [-0.1, -0.05) is 5.16 Å². The van der Waals surface area contributed by atoms with Gasteiger partial charge in [0.25, 0.3) is 0 Å². The predicted octanol–water partition coefficient (Wildman–Crippen LogP) is 3.83. The molecule has 1 amide bonds. The SMILES string of the molecule is CCNC(=O)ON=C(C)c1ccc(OP(=S)(OCC)OCC)cc1. The summed E-state index contributed by atoms with van der Waals surface area (Å²) in [4.78, 5) is 15.9. The van der Waals surface area contributed by atoms with Crippen LogP contribution in [0.25, 0.3) is 0 Å². The Kier molecular flexibility index (Phi) is 8.92. The Bertz CT molecular complexity index is 596. The molecule has 0 heterocycles. The highest BCUT2D eigenvalue weighted by Crippen LogP contribution is 2.49. The van der Waals surface area contributed by atoms with Gasteiger partial charge in [-0.2, -0.15) is 0 Å². The number of nitrogens with one attached hydrogen (secondary N) is 1. The third-order valence-corrected chi connectivity index (χ3v) is 5.09. The fourth-order valence-electron chi connectivity index (χ4n) is 1.63. The topological polar surface area (TPSA) is 78.4 Å². The minimum absolute atomic E-state index is 0.415. The third kappa shape index (κ3) is 6.97. The van der Waals surface area contributed by atoms with Gasteiger partial charge in [-0.25, -0.2) is 4.79 Å². The lowest BCUT2D eigenvalue weighted by Crippen LogP contribution is -2.22. The van der Waals surface area contributed by atoms with Gasteiger partial charge in [0.05, 0.1) is 18.9 Å². The van der Waals surface area contributed by atoms with Crippen molar-refractivity contribution in [3.05, 3.63) is 29.8 Å². The molecule has 0 unspecified atom stereocenters. The van der Waals surface area contributed by atoms with Crippen LogP contribution in [0.5, 0.6) is 5.75 Å². The highest BCUT2D eigenvalue weighted by Gasteiger charge is 2.21. The summed E-state index contributed by atoms with van der Waals surface area (Å²) in [5.74, 6) is 0.543. The number of carbonyl (C=O) groups excluding carboxylic acids is 1. The van der Waals surface area contributed by atoms with Gasteiger partial charge in [-0.05, 0) is 57.5 Å². The van der Waals surface area contributed by atoms with Gasteiger partial charge in [0.1, 0.15) is 5.75 Å². The summed E-state index contributed by atoms with van der Waals surface area (Å²) in [5, 5.41) is 6.26. The van der Waals surface area contributed by atoms with E-state index < -0.39 is 12.8 Å². The fourth-order valence-corrected chi connectivity index (χ4v) is 3.71. The van der Waals surface area contributed by atoms with Gasteiger partial charge < -0.3 is 9.84 Å². The lowest BCUT2D eigenvalue weighted by Gasteiger charge is -2.21. The van der Waals surface area contributed by atoms with Crippen molar-refractivity contribution in [3.8, 4) is 5.75 Å². The second-order valence-corrected chi connectivity index (χ2v) is 7.42. The Balaban J connectivity index is 2.76. The third-order valence-electron chi connectivity index (χ3n) is 2.65. The second-order valence-electron chi connectivity index (χ2n) is 4.48. The normalized spacial score (nSPS) is 11.9.